The van der Waals surface area contributed by atoms with E-state index in [2.05, 4.69) is 49.0 Å². The first-order valence-corrected chi connectivity index (χ1v) is 6.91. The number of anilines is 1. The number of halogens is 1. The Morgan fingerprint density at radius 2 is 1.89 bits per heavy atom. The van der Waals surface area contributed by atoms with Crippen LogP contribution in [0, 0.1) is 0 Å². The predicted molar refractivity (Wildman–Crippen MR) is 75.5 cm³/mol. The third kappa shape index (κ3) is 2.12. The maximum Gasteiger partial charge on any atom is 0.0592 e. The zero-order valence-electron chi connectivity index (χ0n) is 9.96. The summed E-state index contributed by atoms with van der Waals surface area (Å²) in [5.74, 6) is 0. The van der Waals surface area contributed by atoms with Gasteiger partial charge in [-0.2, -0.15) is 0 Å². The molecule has 0 spiro atoms. The van der Waals surface area contributed by atoms with Crippen molar-refractivity contribution in [2.24, 2.45) is 0 Å². The molecule has 1 aliphatic rings. The molecule has 0 bridgehead atoms. The average molecular weight is 304 g/mol. The van der Waals surface area contributed by atoms with Crippen LogP contribution in [0.1, 0.15) is 24.4 Å². The molecule has 3 nitrogen and oxygen atoms in total. The smallest absolute Gasteiger partial charge is 0.0592 e. The topological polar surface area (TPSA) is 29.0 Å². The predicted octanol–water partition coefficient (Wildman–Crippen LogP) is 3.58. The lowest BCUT2D eigenvalue weighted by Crippen LogP contribution is -2.22. The summed E-state index contributed by atoms with van der Waals surface area (Å²) in [6.07, 6.45) is 9.86. The second kappa shape index (κ2) is 5.06. The zero-order chi connectivity index (χ0) is 12.4. The van der Waals surface area contributed by atoms with Crippen molar-refractivity contribution in [3.8, 4) is 0 Å². The van der Waals surface area contributed by atoms with E-state index in [4.69, 9.17) is 0 Å². The van der Waals surface area contributed by atoms with E-state index in [9.17, 15) is 0 Å². The summed E-state index contributed by atoms with van der Waals surface area (Å²) in [7, 11) is 0. The Labute approximate surface area is 115 Å². The molecule has 0 N–H and O–H groups in total. The minimum atomic E-state index is 0.451. The number of aromatic nitrogens is 2. The average Bonchev–Trinajstić information content (AvgIpc) is 2.89. The lowest BCUT2D eigenvalue weighted by atomic mass is 10.1. The first-order valence-electron chi connectivity index (χ1n) is 6.12. The second-order valence-corrected chi connectivity index (χ2v) is 5.31. The van der Waals surface area contributed by atoms with E-state index in [-0.39, 0.29) is 0 Å². The molecule has 0 radical (unpaired) electrons. The summed E-state index contributed by atoms with van der Waals surface area (Å²) in [6, 6.07) is 6.74. The van der Waals surface area contributed by atoms with Crippen LogP contribution < -0.4 is 4.90 Å². The van der Waals surface area contributed by atoms with Gasteiger partial charge in [0.1, 0.15) is 0 Å². The summed E-state index contributed by atoms with van der Waals surface area (Å²) in [5, 5.41) is 0. The van der Waals surface area contributed by atoms with Gasteiger partial charge in [0.2, 0.25) is 0 Å². The van der Waals surface area contributed by atoms with Crippen LogP contribution in [0.15, 0.2) is 47.5 Å². The molecule has 2 aromatic heterocycles. The lowest BCUT2D eigenvalue weighted by molar-refractivity contribution is 0.716. The van der Waals surface area contributed by atoms with Gasteiger partial charge < -0.3 is 4.90 Å². The van der Waals surface area contributed by atoms with Crippen LogP contribution in [0.25, 0.3) is 0 Å². The summed E-state index contributed by atoms with van der Waals surface area (Å²) in [6.45, 7) is 1.09. The van der Waals surface area contributed by atoms with E-state index in [1.54, 1.807) is 0 Å². The minimum Gasteiger partial charge on any atom is -0.363 e. The Kier molecular flexibility index (Phi) is 3.28. The highest BCUT2D eigenvalue weighted by atomic mass is 79.9. The van der Waals surface area contributed by atoms with Crippen LogP contribution in [-0.4, -0.2) is 16.5 Å². The first-order chi connectivity index (χ1) is 8.86. The van der Waals surface area contributed by atoms with Gasteiger partial charge in [0.25, 0.3) is 0 Å². The molecule has 4 heteroatoms. The number of nitrogens with zero attached hydrogens (tertiary/aromatic N) is 3. The molecule has 92 valence electrons. The summed E-state index contributed by atoms with van der Waals surface area (Å²) in [4.78, 5) is 10.7. The van der Waals surface area contributed by atoms with Crippen LogP contribution in [0.5, 0.6) is 0 Å². The Hall–Kier alpha value is -1.42. The van der Waals surface area contributed by atoms with E-state index < -0.39 is 0 Å². The molecule has 0 aliphatic carbocycles. The van der Waals surface area contributed by atoms with Crippen molar-refractivity contribution in [1.82, 2.24) is 9.97 Å². The lowest BCUT2D eigenvalue weighted by Gasteiger charge is -2.27. The maximum atomic E-state index is 4.13. The van der Waals surface area contributed by atoms with Gasteiger partial charge in [-0.3, -0.25) is 9.97 Å². The molecule has 2 aromatic rings. The first kappa shape index (κ1) is 11.7. The SMILES string of the molecule is Brc1cnccc1N1CCCC1c1ccncc1. The van der Waals surface area contributed by atoms with Crippen LogP contribution >= 0.6 is 15.9 Å². The van der Waals surface area contributed by atoms with Gasteiger partial charge in [0.05, 0.1) is 16.2 Å². The van der Waals surface area contributed by atoms with Crippen molar-refractivity contribution >= 4 is 21.6 Å². The van der Waals surface area contributed by atoms with Gasteiger partial charge in [-0.15, -0.1) is 0 Å². The second-order valence-electron chi connectivity index (χ2n) is 4.46. The highest BCUT2D eigenvalue weighted by Crippen LogP contribution is 2.38. The molecule has 1 atom stereocenters. The van der Waals surface area contributed by atoms with Gasteiger partial charge in [-0.05, 0) is 52.5 Å². The molecule has 1 saturated heterocycles. The normalized spacial score (nSPS) is 19.2. The van der Waals surface area contributed by atoms with Crippen molar-refractivity contribution in [2.75, 3.05) is 11.4 Å². The molecule has 1 unspecified atom stereocenters. The number of hydrogen-bond acceptors (Lipinski definition) is 3. The van der Waals surface area contributed by atoms with E-state index >= 15 is 0 Å². The Balaban J connectivity index is 1.95. The largest absolute Gasteiger partial charge is 0.363 e. The molecule has 0 amide bonds. The van der Waals surface area contributed by atoms with Crippen molar-refractivity contribution in [3.05, 3.63) is 53.0 Å². The third-order valence-corrected chi connectivity index (χ3v) is 4.02. The van der Waals surface area contributed by atoms with Crippen molar-refractivity contribution < 1.29 is 0 Å². The molecule has 0 saturated carbocycles. The Bertz CT molecular complexity index is 530. The van der Waals surface area contributed by atoms with E-state index in [1.165, 1.54) is 24.1 Å². The quantitative estimate of drug-likeness (QED) is 0.849. The Morgan fingerprint density at radius 1 is 1.11 bits per heavy atom. The van der Waals surface area contributed by atoms with Gasteiger partial charge in [-0.1, -0.05) is 0 Å². The molecule has 3 heterocycles. The molecule has 3 rings (SSSR count). The molecule has 18 heavy (non-hydrogen) atoms. The van der Waals surface area contributed by atoms with E-state index in [1.807, 2.05) is 24.8 Å². The summed E-state index contributed by atoms with van der Waals surface area (Å²) in [5.41, 5.74) is 2.57. The summed E-state index contributed by atoms with van der Waals surface area (Å²) < 4.78 is 1.06. The fourth-order valence-electron chi connectivity index (χ4n) is 2.59. The Morgan fingerprint density at radius 3 is 2.67 bits per heavy atom. The van der Waals surface area contributed by atoms with Crippen LogP contribution in [0.3, 0.4) is 0 Å². The fourth-order valence-corrected chi connectivity index (χ4v) is 3.07. The number of rotatable bonds is 2. The van der Waals surface area contributed by atoms with Crippen LogP contribution in [0.4, 0.5) is 5.69 Å². The zero-order valence-corrected chi connectivity index (χ0v) is 11.5. The molecule has 1 fully saturated rings. The van der Waals surface area contributed by atoms with E-state index in [0.717, 1.165) is 11.0 Å². The summed E-state index contributed by atoms with van der Waals surface area (Å²) >= 11 is 3.59. The van der Waals surface area contributed by atoms with Gasteiger partial charge in [0.15, 0.2) is 0 Å². The van der Waals surface area contributed by atoms with Gasteiger partial charge in [0, 0.05) is 31.3 Å². The number of pyridine rings is 2. The fraction of sp³-hybridized carbons (Fsp3) is 0.286. The number of hydrogen-bond donors (Lipinski definition) is 0. The van der Waals surface area contributed by atoms with Crippen molar-refractivity contribution in [2.45, 2.75) is 18.9 Å². The van der Waals surface area contributed by atoms with Crippen molar-refractivity contribution in [3.63, 3.8) is 0 Å². The highest BCUT2D eigenvalue weighted by Gasteiger charge is 2.27. The van der Waals surface area contributed by atoms with Crippen LogP contribution in [0.2, 0.25) is 0 Å². The molecule has 1 aliphatic heterocycles. The standard InChI is InChI=1S/C14H14BrN3/c15-12-10-17-8-5-14(12)18-9-1-2-13(18)11-3-6-16-7-4-11/h3-8,10,13H,1-2,9H2. The third-order valence-electron chi connectivity index (χ3n) is 3.40. The van der Waals surface area contributed by atoms with Gasteiger partial charge >= 0.3 is 0 Å². The molecular weight excluding hydrogens is 290 g/mol. The monoisotopic (exact) mass is 303 g/mol. The molecule has 0 aromatic carbocycles. The van der Waals surface area contributed by atoms with Crippen molar-refractivity contribution in [1.29, 1.82) is 0 Å². The molecular formula is C14H14BrN3. The highest BCUT2D eigenvalue weighted by molar-refractivity contribution is 9.10. The van der Waals surface area contributed by atoms with Crippen LogP contribution in [-0.2, 0) is 0 Å². The maximum absolute atomic E-state index is 4.13. The van der Waals surface area contributed by atoms with E-state index in [0.29, 0.717) is 6.04 Å². The van der Waals surface area contributed by atoms with Gasteiger partial charge in [-0.25, -0.2) is 0 Å². The minimum absolute atomic E-state index is 0.451.